The quantitative estimate of drug-likeness (QED) is 0.848. The number of aromatic nitrogens is 2. The molecule has 2 heterocycles. The van der Waals surface area contributed by atoms with Gasteiger partial charge in [-0.2, -0.15) is 0 Å². The van der Waals surface area contributed by atoms with Gasteiger partial charge in [0.25, 0.3) is 0 Å². The molecule has 1 aliphatic heterocycles. The van der Waals surface area contributed by atoms with Crippen LogP contribution in [0.4, 0.5) is 5.82 Å². The van der Waals surface area contributed by atoms with Crippen molar-refractivity contribution in [2.75, 3.05) is 18.0 Å². The largest absolute Gasteiger partial charge is 0.357 e. The standard InChI is InChI=1S/C17H19N3/c1-3-7-15(8-4-1)9-10-16-18-12-11-17(19-16)20-13-5-2-6-14-20/h1,3-4,7-12H,2,5-6,13-14H2. The lowest BCUT2D eigenvalue weighted by Gasteiger charge is -2.27. The Balaban J connectivity index is 1.75. The Labute approximate surface area is 120 Å². The first kappa shape index (κ1) is 12.9. The minimum Gasteiger partial charge on any atom is -0.357 e. The number of anilines is 1. The van der Waals surface area contributed by atoms with Crippen LogP contribution in [0.3, 0.4) is 0 Å². The molecule has 0 aliphatic carbocycles. The van der Waals surface area contributed by atoms with E-state index in [1.807, 2.05) is 36.5 Å². The molecule has 2 aromatic rings. The van der Waals surface area contributed by atoms with Crippen LogP contribution in [0.5, 0.6) is 0 Å². The number of piperidine rings is 1. The molecular formula is C17H19N3. The highest BCUT2D eigenvalue weighted by Crippen LogP contribution is 2.17. The zero-order chi connectivity index (χ0) is 13.6. The van der Waals surface area contributed by atoms with Gasteiger partial charge in [0.2, 0.25) is 0 Å². The summed E-state index contributed by atoms with van der Waals surface area (Å²) in [5, 5.41) is 0. The lowest BCUT2D eigenvalue weighted by Crippen LogP contribution is -2.30. The monoisotopic (exact) mass is 265 g/mol. The molecule has 0 unspecified atom stereocenters. The average Bonchev–Trinajstić information content (AvgIpc) is 2.55. The fourth-order valence-corrected chi connectivity index (χ4v) is 2.48. The summed E-state index contributed by atoms with van der Waals surface area (Å²) in [7, 11) is 0. The van der Waals surface area contributed by atoms with Crippen molar-refractivity contribution >= 4 is 18.0 Å². The van der Waals surface area contributed by atoms with Crippen LogP contribution in [-0.4, -0.2) is 23.1 Å². The zero-order valence-electron chi connectivity index (χ0n) is 11.6. The molecule has 0 N–H and O–H groups in total. The van der Waals surface area contributed by atoms with Gasteiger partial charge >= 0.3 is 0 Å². The molecule has 3 heteroatoms. The molecule has 1 aromatic carbocycles. The van der Waals surface area contributed by atoms with Crippen LogP contribution in [0, 0.1) is 0 Å². The van der Waals surface area contributed by atoms with Crippen molar-refractivity contribution in [2.24, 2.45) is 0 Å². The fourth-order valence-electron chi connectivity index (χ4n) is 2.48. The highest BCUT2D eigenvalue weighted by atomic mass is 15.2. The Morgan fingerprint density at radius 3 is 2.50 bits per heavy atom. The van der Waals surface area contributed by atoms with E-state index in [0.717, 1.165) is 24.7 Å². The minimum absolute atomic E-state index is 0.775. The second-order valence-corrected chi connectivity index (χ2v) is 5.06. The van der Waals surface area contributed by atoms with Crippen molar-refractivity contribution in [3.05, 3.63) is 54.0 Å². The van der Waals surface area contributed by atoms with Gasteiger partial charge in [-0.3, -0.25) is 0 Å². The maximum absolute atomic E-state index is 4.64. The van der Waals surface area contributed by atoms with Crippen molar-refractivity contribution in [2.45, 2.75) is 19.3 Å². The highest BCUT2D eigenvalue weighted by Gasteiger charge is 2.11. The molecule has 0 radical (unpaired) electrons. The van der Waals surface area contributed by atoms with E-state index in [1.54, 1.807) is 0 Å². The van der Waals surface area contributed by atoms with Crippen LogP contribution >= 0.6 is 0 Å². The minimum atomic E-state index is 0.775. The third-order valence-corrected chi connectivity index (χ3v) is 3.56. The van der Waals surface area contributed by atoms with Crippen molar-refractivity contribution < 1.29 is 0 Å². The van der Waals surface area contributed by atoms with Gasteiger partial charge in [-0.15, -0.1) is 0 Å². The summed E-state index contributed by atoms with van der Waals surface area (Å²) in [6.07, 6.45) is 9.74. The Hall–Kier alpha value is -2.16. The molecule has 20 heavy (non-hydrogen) atoms. The number of hydrogen-bond donors (Lipinski definition) is 0. The Kier molecular flexibility index (Phi) is 4.07. The molecule has 0 saturated carbocycles. The van der Waals surface area contributed by atoms with E-state index in [9.17, 15) is 0 Å². The van der Waals surface area contributed by atoms with E-state index < -0.39 is 0 Å². The Morgan fingerprint density at radius 2 is 1.70 bits per heavy atom. The Bertz CT molecular complexity index is 572. The highest BCUT2D eigenvalue weighted by molar-refractivity contribution is 5.66. The van der Waals surface area contributed by atoms with Crippen LogP contribution in [-0.2, 0) is 0 Å². The second kappa shape index (κ2) is 6.33. The molecule has 1 aliphatic rings. The van der Waals surface area contributed by atoms with Crippen LogP contribution in [0.1, 0.15) is 30.7 Å². The van der Waals surface area contributed by atoms with Gasteiger partial charge in [-0.1, -0.05) is 36.4 Å². The van der Waals surface area contributed by atoms with E-state index in [2.05, 4.69) is 33.1 Å². The molecule has 3 rings (SSSR count). The first-order valence-electron chi connectivity index (χ1n) is 7.23. The summed E-state index contributed by atoms with van der Waals surface area (Å²) in [5.74, 6) is 1.82. The molecule has 1 fully saturated rings. The molecule has 1 aromatic heterocycles. The molecule has 102 valence electrons. The number of rotatable bonds is 3. The first-order valence-corrected chi connectivity index (χ1v) is 7.23. The van der Waals surface area contributed by atoms with Crippen LogP contribution in [0.2, 0.25) is 0 Å². The summed E-state index contributed by atoms with van der Waals surface area (Å²) in [6, 6.07) is 12.2. The van der Waals surface area contributed by atoms with E-state index in [1.165, 1.54) is 24.8 Å². The molecule has 0 bridgehead atoms. The molecule has 3 nitrogen and oxygen atoms in total. The van der Waals surface area contributed by atoms with Gasteiger partial charge in [-0.05, 0) is 37.0 Å². The Morgan fingerprint density at radius 1 is 0.900 bits per heavy atom. The summed E-state index contributed by atoms with van der Waals surface area (Å²) in [6.45, 7) is 2.22. The molecule has 0 amide bonds. The van der Waals surface area contributed by atoms with Crippen molar-refractivity contribution in [3.63, 3.8) is 0 Å². The summed E-state index contributed by atoms with van der Waals surface area (Å²) >= 11 is 0. The van der Waals surface area contributed by atoms with Gasteiger partial charge in [0.05, 0.1) is 0 Å². The maximum atomic E-state index is 4.64. The topological polar surface area (TPSA) is 29.0 Å². The van der Waals surface area contributed by atoms with Crippen LogP contribution in [0.15, 0.2) is 42.6 Å². The second-order valence-electron chi connectivity index (χ2n) is 5.06. The van der Waals surface area contributed by atoms with E-state index in [4.69, 9.17) is 0 Å². The number of nitrogens with zero attached hydrogens (tertiary/aromatic N) is 3. The van der Waals surface area contributed by atoms with Gasteiger partial charge in [0.1, 0.15) is 5.82 Å². The molecule has 1 saturated heterocycles. The predicted octanol–water partition coefficient (Wildman–Crippen LogP) is 3.64. The smallest absolute Gasteiger partial charge is 0.154 e. The van der Waals surface area contributed by atoms with Crippen LogP contribution < -0.4 is 4.90 Å². The molecular weight excluding hydrogens is 246 g/mol. The normalized spacial score (nSPS) is 15.7. The lowest BCUT2D eigenvalue weighted by molar-refractivity contribution is 0.573. The molecule has 0 atom stereocenters. The fraction of sp³-hybridized carbons (Fsp3) is 0.294. The van der Waals surface area contributed by atoms with Crippen molar-refractivity contribution in [3.8, 4) is 0 Å². The third kappa shape index (κ3) is 3.23. The zero-order valence-corrected chi connectivity index (χ0v) is 11.6. The van der Waals surface area contributed by atoms with Gasteiger partial charge in [-0.25, -0.2) is 9.97 Å². The van der Waals surface area contributed by atoms with Crippen molar-refractivity contribution in [1.82, 2.24) is 9.97 Å². The lowest BCUT2D eigenvalue weighted by atomic mass is 10.1. The van der Waals surface area contributed by atoms with Gasteiger partial charge in [0.15, 0.2) is 5.82 Å². The summed E-state index contributed by atoms with van der Waals surface area (Å²) < 4.78 is 0. The van der Waals surface area contributed by atoms with E-state index in [0.29, 0.717) is 0 Å². The van der Waals surface area contributed by atoms with E-state index >= 15 is 0 Å². The third-order valence-electron chi connectivity index (χ3n) is 3.56. The average molecular weight is 265 g/mol. The SMILES string of the molecule is C(=Cc1nccc(N2CCCCC2)n1)c1ccccc1. The maximum Gasteiger partial charge on any atom is 0.154 e. The molecule has 0 spiro atoms. The number of benzene rings is 1. The van der Waals surface area contributed by atoms with Crippen molar-refractivity contribution in [1.29, 1.82) is 0 Å². The van der Waals surface area contributed by atoms with Gasteiger partial charge in [0, 0.05) is 19.3 Å². The summed E-state index contributed by atoms with van der Waals surface area (Å²) in [5.41, 5.74) is 1.17. The van der Waals surface area contributed by atoms with Gasteiger partial charge < -0.3 is 4.90 Å². The number of hydrogen-bond acceptors (Lipinski definition) is 3. The summed E-state index contributed by atoms with van der Waals surface area (Å²) in [4.78, 5) is 11.3. The van der Waals surface area contributed by atoms with Crippen LogP contribution in [0.25, 0.3) is 12.2 Å². The first-order chi connectivity index (χ1) is 9.92. The van der Waals surface area contributed by atoms with E-state index in [-0.39, 0.29) is 0 Å². The predicted molar refractivity (Wildman–Crippen MR) is 83.5 cm³/mol.